The van der Waals surface area contributed by atoms with E-state index in [9.17, 15) is 9.59 Å². The Kier molecular flexibility index (Phi) is 5.40. The Bertz CT molecular complexity index is 1000. The molecule has 0 bridgehead atoms. The number of pyridine rings is 1. The van der Waals surface area contributed by atoms with E-state index in [1.165, 1.54) is 6.07 Å². The van der Waals surface area contributed by atoms with Gasteiger partial charge in [0.1, 0.15) is 18.9 Å². The molecule has 7 nitrogen and oxygen atoms in total. The number of nitrogens with one attached hydrogen (secondary N) is 1. The zero-order chi connectivity index (χ0) is 19.4. The summed E-state index contributed by atoms with van der Waals surface area (Å²) in [6.07, 6.45) is 1.56. The fraction of sp³-hybridized carbons (Fsp3) is 0.250. The van der Waals surface area contributed by atoms with Gasteiger partial charge in [-0.3, -0.25) is 9.59 Å². The molecule has 7 heteroatoms. The number of aryl methyl sites for hydroxylation is 3. The van der Waals surface area contributed by atoms with E-state index in [1.807, 2.05) is 31.2 Å². The van der Waals surface area contributed by atoms with Gasteiger partial charge in [0.05, 0.1) is 6.20 Å². The van der Waals surface area contributed by atoms with Crippen LogP contribution in [-0.2, 0) is 17.9 Å². The summed E-state index contributed by atoms with van der Waals surface area (Å²) >= 11 is 0. The minimum atomic E-state index is -0.278. The van der Waals surface area contributed by atoms with Crippen LogP contribution in [0.15, 0.2) is 51.9 Å². The van der Waals surface area contributed by atoms with E-state index < -0.39 is 0 Å². The topological polar surface area (TPSA) is 86.4 Å². The van der Waals surface area contributed by atoms with E-state index in [-0.39, 0.29) is 30.2 Å². The van der Waals surface area contributed by atoms with Crippen LogP contribution < -0.4 is 15.5 Å². The second-order valence-corrected chi connectivity index (χ2v) is 6.42. The average molecular weight is 367 g/mol. The molecule has 2 aromatic heterocycles. The first-order valence-corrected chi connectivity index (χ1v) is 8.53. The van der Waals surface area contributed by atoms with Gasteiger partial charge < -0.3 is 19.1 Å². The average Bonchev–Trinajstić information content (AvgIpc) is 3.02. The van der Waals surface area contributed by atoms with Gasteiger partial charge in [-0.1, -0.05) is 35.0 Å². The Morgan fingerprint density at radius 2 is 1.93 bits per heavy atom. The Morgan fingerprint density at radius 1 is 1.19 bits per heavy atom. The number of ether oxygens (including phenoxy) is 1. The molecule has 0 unspecified atom stereocenters. The molecule has 0 spiro atoms. The summed E-state index contributed by atoms with van der Waals surface area (Å²) in [4.78, 5) is 24.4. The SMILES string of the molecule is Cc1ccc(COc2cn(CC(=O)Nc3cc(C)on3)c(C)cc2=O)cc1. The predicted molar refractivity (Wildman–Crippen MR) is 101 cm³/mol. The number of hydrogen-bond donors (Lipinski definition) is 1. The Hall–Kier alpha value is -3.35. The second kappa shape index (κ2) is 7.90. The summed E-state index contributed by atoms with van der Waals surface area (Å²) < 4.78 is 12.3. The first kappa shape index (κ1) is 18.4. The normalized spacial score (nSPS) is 10.6. The number of amides is 1. The number of nitrogens with zero attached hydrogens (tertiary/aromatic N) is 2. The largest absolute Gasteiger partial charge is 0.483 e. The summed E-state index contributed by atoms with van der Waals surface area (Å²) in [6.45, 7) is 5.82. The molecule has 3 rings (SSSR count). The zero-order valence-electron chi connectivity index (χ0n) is 15.5. The predicted octanol–water partition coefficient (Wildman–Crippen LogP) is 2.98. The van der Waals surface area contributed by atoms with Crippen LogP contribution in [0.2, 0.25) is 0 Å². The number of benzene rings is 1. The highest BCUT2D eigenvalue weighted by Crippen LogP contribution is 2.12. The lowest BCUT2D eigenvalue weighted by Crippen LogP contribution is -2.22. The molecular formula is C20H21N3O4. The van der Waals surface area contributed by atoms with Crippen LogP contribution >= 0.6 is 0 Å². The summed E-state index contributed by atoms with van der Waals surface area (Å²) in [6, 6.07) is 11.0. The molecule has 2 heterocycles. The van der Waals surface area contributed by atoms with Crippen molar-refractivity contribution in [1.82, 2.24) is 9.72 Å². The van der Waals surface area contributed by atoms with E-state index in [0.29, 0.717) is 17.3 Å². The number of carbonyl (C=O) groups excluding carboxylic acids is 1. The molecule has 140 valence electrons. The minimum absolute atomic E-state index is 0.0267. The molecule has 1 aromatic carbocycles. The third kappa shape index (κ3) is 4.84. The minimum Gasteiger partial charge on any atom is -0.483 e. The van der Waals surface area contributed by atoms with Crippen molar-refractivity contribution in [3.05, 3.63) is 75.4 Å². The van der Waals surface area contributed by atoms with Gasteiger partial charge in [0.15, 0.2) is 11.6 Å². The van der Waals surface area contributed by atoms with Gasteiger partial charge in [0.2, 0.25) is 11.3 Å². The van der Waals surface area contributed by atoms with Gasteiger partial charge in [0.25, 0.3) is 0 Å². The van der Waals surface area contributed by atoms with Crippen molar-refractivity contribution in [2.45, 2.75) is 33.9 Å². The first-order chi connectivity index (χ1) is 12.9. The lowest BCUT2D eigenvalue weighted by Gasteiger charge is -2.13. The van der Waals surface area contributed by atoms with Gasteiger partial charge in [-0.25, -0.2) is 0 Å². The molecule has 0 radical (unpaired) electrons. The maximum absolute atomic E-state index is 12.2. The number of anilines is 1. The highest BCUT2D eigenvalue weighted by molar-refractivity contribution is 5.89. The Labute approximate surface area is 156 Å². The van der Waals surface area contributed by atoms with Gasteiger partial charge in [-0.2, -0.15) is 0 Å². The number of rotatable bonds is 6. The van der Waals surface area contributed by atoms with Crippen LogP contribution in [0.4, 0.5) is 5.82 Å². The molecule has 1 amide bonds. The molecule has 0 atom stereocenters. The third-order valence-corrected chi connectivity index (χ3v) is 4.03. The van der Waals surface area contributed by atoms with E-state index in [0.717, 1.165) is 11.1 Å². The van der Waals surface area contributed by atoms with Crippen LogP contribution in [-0.4, -0.2) is 15.6 Å². The molecule has 27 heavy (non-hydrogen) atoms. The van der Waals surface area contributed by atoms with Crippen molar-refractivity contribution >= 4 is 11.7 Å². The molecule has 1 N–H and O–H groups in total. The number of aromatic nitrogens is 2. The molecule has 0 aliphatic heterocycles. The maximum atomic E-state index is 12.2. The number of carbonyl (C=O) groups is 1. The van der Waals surface area contributed by atoms with Crippen LogP contribution in [0.25, 0.3) is 0 Å². The molecule has 3 aromatic rings. The van der Waals surface area contributed by atoms with Gasteiger partial charge >= 0.3 is 0 Å². The molecule has 0 aliphatic rings. The monoisotopic (exact) mass is 367 g/mol. The summed E-state index contributed by atoms with van der Waals surface area (Å²) in [5, 5.41) is 6.38. The van der Waals surface area contributed by atoms with Crippen LogP contribution in [0, 0.1) is 20.8 Å². The van der Waals surface area contributed by atoms with Crippen molar-refractivity contribution < 1.29 is 14.1 Å². The summed E-state index contributed by atoms with van der Waals surface area (Å²) in [5.74, 6) is 0.884. The highest BCUT2D eigenvalue weighted by Gasteiger charge is 2.11. The molecule has 0 aliphatic carbocycles. The quantitative estimate of drug-likeness (QED) is 0.724. The Balaban J connectivity index is 1.70. The van der Waals surface area contributed by atoms with Crippen LogP contribution in [0.1, 0.15) is 22.6 Å². The third-order valence-electron chi connectivity index (χ3n) is 4.03. The maximum Gasteiger partial charge on any atom is 0.245 e. The smallest absolute Gasteiger partial charge is 0.245 e. The summed E-state index contributed by atoms with van der Waals surface area (Å²) in [7, 11) is 0. The fourth-order valence-corrected chi connectivity index (χ4v) is 2.54. The summed E-state index contributed by atoms with van der Waals surface area (Å²) in [5.41, 5.74) is 2.56. The van der Waals surface area contributed by atoms with E-state index in [2.05, 4.69) is 10.5 Å². The van der Waals surface area contributed by atoms with Crippen molar-refractivity contribution in [1.29, 1.82) is 0 Å². The highest BCUT2D eigenvalue weighted by atomic mass is 16.5. The second-order valence-electron chi connectivity index (χ2n) is 6.42. The molecule has 0 saturated carbocycles. The van der Waals surface area contributed by atoms with Crippen LogP contribution in [0.3, 0.4) is 0 Å². The lowest BCUT2D eigenvalue weighted by atomic mass is 10.2. The lowest BCUT2D eigenvalue weighted by molar-refractivity contribution is -0.116. The van der Waals surface area contributed by atoms with Crippen molar-refractivity contribution in [3.63, 3.8) is 0 Å². The molecule has 0 saturated heterocycles. The van der Waals surface area contributed by atoms with Crippen molar-refractivity contribution in [2.75, 3.05) is 5.32 Å². The molecular weight excluding hydrogens is 346 g/mol. The Morgan fingerprint density at radius 3 is 2.59 bits per heavy atom. The van der Waals surface area contributed by atoms with E-state index in [1.54, 1.807) is 30.7 Å². The zero-order valence-corrected chi connectivity index (χ0v) is 15.5. The first-order valence-electron chi connectivity index (χ1n) is 8.53. The number of hydrogen-bond acceptors (Lipinski definition) is 5. The van der Waals surface area contributed by atoms with Crippen molar-refractivity contribution in [2.24, 2.45) is 0 Å². The van der Waals surface area contributed by atoms with E-state index >= 15 is 0 Å². The van der Waals surface area contributed by atoms with Gasteiger partial charge in [0, 0.05) is 17.8 Å². The van der Waals surface area contributed by atoms with E-state index in [4.69, 9.17) is 9.26 Å². The van der Waals surface area contributed by atoms with Crippen LogP contribution in [0.5, 0.6) is 5.75 Å². The van der Waals surface area contributed by atoms with Gasteiger partial charge in [-0.05, 0) is 26.3 Å². The fourth-order valence-electron chi connectivity index (χ4n) is 2.54. The standard InChI is InChI=1S/C20H21N3O4/c1-13-4-6-16(7-5-13)12-26-18-10-23(14(2)8-17(18)24)11-20(25)21-19-9-15(3)27-22-19/h4-10H,11-12H2,1-3H3,(H,21,22,25). The molecule has 0 fully saturated rings. The van der Waals surface area contributed by atoms with Gasteiger partial charge in [-0.15, -0.1) is 0 Å². The van der Waals surface area contributed by atoms with Crippen molar-refractivity contribution in [3.8, 4) is 5.75 Å².